The Morgan fingerprint density at radius 3 is 2.12 bits per heavy atom. The summed E-state index contributed by atoms with van der Waals surface area (Å²) in [6.45, 7) is 10.0. The Morgan fingerprint density at radius 2 is 1.56 bits per heavy atom. The summed E-state index contributed by atoms with van der Waals surface area (Å²) >= 11 is 0. The van der Waals surface area contributed by atoms with Gasteiger partial charge in [-0.15, -0.1) is 0 Å². The predicted octanol–water partition coefficient (Wildman–Crippen LogP) is 3.73. The number of urea groups is 1. The second-order valence-electron chi connectivity index (χ2n) is 15.9. The van der Waals surface area contributed by atoms with Crippen LogP contribution in [0.2, 0.25) is 0 Å². The van der Waals surface area contributed by atoms with Crippen LogP contribution in [0.5, 0.6) is 0 Å². The van der Waals surface area contributed by atoms with Crippen LogP contribution in [0.25, 0.3) is 0 Å². The highest BCUT2D eigenvalue weighted by atomic mass is 32.2. The number of carbonyl (C=O) groups excluding carboxylic acids is 5. The second-order valence-corrected chi connectivity index (χ2v) is 17.9. The standard InChI is InChI=1S/C37H57N5O7S/c1-23(2)29(22-50(48,49)27-17-10-7-11-18-27)40-36(47)41-31(26-15-8-6-9-16-26)35(46)42-21-24(3)37(4,5)20-30(42)34(45)39-28(32(43)33(38)44)19-25-13-12-14-25/h7,10-11,17-18,23-26,28-31H,6,8-9,12-16,19-22H2,1-5H3,(H2,38,44)(H,39,45)(H2,40,41,47)/t24?,28?,29-,30+,31+/m1/s1. The van der Waals surface area contributed by atoms with Crippen LogP contribution in [-0.2, 0) is 29.0 Å². The molecular formula is C37H57N5O7S. The first-order valence-corrected chi connectivity index (χ1v) is 19.9. The number of sulfone groups is 1. The molecular weight excluding hydrogens is 659 g/mol. The van der Waals surface area contributed by atoms with Crippen LogP contribution in [0.4, 0.5) is 4.79 Å². The molecule has 0 aromatic heterocycles. The molecule has 1 aliphatic heterocycles. The monoisotopic (exact) mass is 715 g/mol. The highest BCUT2D eigenvalue weighted by Crippen LogP contribution is 2.40. The van der Waals surface area contributed by atoms with E-state index in [1.807, 2.05) is 34.6 Å². The van der Waals surface area contributed by atoms with E-state index in [9.17, 15) is 32.4 Å². The Bertz CT molecular complexity index is 1490. The number of ketones is 1. The molecule has 5 N–H and O–H groups in total. The van der Waals surface area contributed by atoms with Crippen LogP contribution in [0.3, 0.4) is 0 Å². The average molecular weight is 716 g/mol. The van der Waals surface area contributed by atoms with Gasteiger partial charge in [0.2, 0.25) is 17.6 Å². The SMILES string of the molecule is CC(C)[C@@H](CS(=O)(=O)c1ccccc1)NC(=O)N[C@H](C(=O)N1CC(C)C(C)(C)C[C@H]1C(=O)NC(CC1CCC1)C(=O)C(N)=O)C1CCCCC1. The maximum atomic E-state index is 14.7. The number of likely N-dealkylation sites (tertiary alicyclic amines) is 1. The van der Waals surface area contributed by atoms with E-state index < -0.39 is 57.6 Å². The molecule has 2 aliphatic carbocycles. The quantitative estimate of drug-likeness (QED) is 0.212. The Balaban J connectivity index is 1.57. The third kappa shape index (κ3) is 9.85. The molecule has 13 heteroatoms. The molecule has 5 amide bonds. The fraction of sp³-hybridized carbons (Fsp3) is 0.703. The van der Waals surface area contributed by atoms with Gasteiger partial charge in [-0.3, -0.25) is 19.2 Å². The maximum Gasteiger partial charge on any atom is 0.315 e. The molecule has 1 saturated heterocycles. The third-order valence-electron chi connectivity index (χ3n) is 11.5. The minimum atomic E-state index is -3.71. The van der Waals surface area contributed by atoms with Crippen LogP contribution in [0.1, 0.15) is 98.8 Å². The van der Waals surface area contributed by atoms with E-state index in [1.165, 1.54) is 12.1 Å². The van der Waals surface area contributed by atoms with Gasteiger partial charge in [0.25, 0.3) is 5.91 Å². The Kier molecular flexibility index (Phi) is 13.1. The van der Waals surface area contributed by atoms with Crippen molar-refractivity contribution < 1.29 is 32.4 Å². The summed E-state index contributed by atoms with van der Waals surface area (Å²) in [5.74, 6) is -3.34. The molecule has 3 aliphatic rings. The van der Waals surface area contributed by atoms with Crippen molar-refractivity contribution in [1.82, 2.24) is 20.9 Å². The van der Waals surface area contributed by atoms with Gasteiger partial charge in [0.05, 0.1) is 16.7 Å². The van der Waals surface area contributed by atoms with Crippen molar-refractivity contribution >= 4 is 39.4 Å². The normalized spacial score (nSPS) is 23.2. The van der Waals surface area contributed by atoms with E-state index in [-0.39, 0.29) is 52.2 Å². The molecule has 1 aromatic rings. The zero-order chi connectivity index (χ0) is 36.8. The zero-order valence-electron chi connectivity index (χ0n) is 30.3. The van der Waals surface area contributed by atoms with Gasteiger partial charge in [-0.1, -0.05) is 91.3 Å². The van der Waals surface area contributed by atoms with Crippen molar-refractivity contribution in [2.45, 2.75) is 128 Å². The van der Waals surface area contributed by atoms with Gasteiger partial charge in [-0.25, -0.2) is 13.2 Å². The zero-order valence-corrected chi connectivity index (χ0v) is 31.1. The number of benzene rings is 1. The van der Waals surface area contributed by atoms with Crippen molar-refractivity contribution in [2.24, 2.45) is 34.8 Å². The molecule has 0 radical (unpaired) electrons. The van der Waals surface area contributed by atoms with Crippen LogP contribution < -0.4 is 21.7 Å². The highest BCUT2D eigenvalue weighted by Gasteiger charge is 2.47. The summed E-state index contributed by atoms with van der Waals surface area (Å²) in [6.07, 6.45) is 7.72. The van der Waals surface area contributed by atoms with E-state index in [4.69, 9.17) is 5.73 Å². The van der Waals surface area contributed by atoms with E-state index in [1.54, 1.807) is 23.1 Å². The number of piperidine rings is 1. The minimum Gasteiger partial charge on any atom is -0.363 e. The number of primary amides is 1. The third-order valence-corrected chi connectivity index (χ3v) is 13.2. The smallest absolute Gasteiger partial charge is 0.315 e. The number of amides is 5. The summed E-state index contributed by atoms with van der Waals surface area (Å²) in [5, 5.41) is 8.56. The van der Waals surface area contributed by atoms with Crippen molar-refractivity contribution in [3.05, 3.63) is 30.3 Å². The second kappa shape index (κ2) is 16.7. The number of rotatable bonds is 14. The van der Waals surface area contributed by atoms with Crippen LogP contribution in [0.15, 0.2) is 35.2 Å². The fourth-order valence-electron chi connectivity index (χ4n) is 7.43. The number of nitrogens with zero attached hydrogens (tertiary/aromatic N) is 1. The molecule has 50 heavy (non-hydrogen) atoms. The summed E-state index contributed by atoms with van der Waals surface area (Å²) in [5.41, 5.74) is 5.04. The lowest BCUT2D eigenvalue weighted by molar-refractivity contribution is -0.150. The first-order valence-electron chi connectivity index (χ1n) is 18.3. The molecule has 1 heterocycles. The molecule has 2 saturated carbocycles. The minimum absolute atomic E-state index is 0.0165. The van der Waals surface area contributed by atoms with Gasteiger partial charge < -0.3 is 26.6 Å². The summed E-state index contributed by atoms with van der Waals surface area (Å²) in [6, 6.07) is 3.76. The number of hydrogen-bond acceptors (Lipinski definition) is 7. The van der Waals surface area contributed by atoms with Crippen LogP contribution in [-0.4, -0.2) is 79.3 Å². The van der Waals surface area contributed by atoms with Crippen molar-refractivity contribution in [3.63, 3.8) is 0 Å². The average Bonchev–Trinajstić information content (AvgIpc) is 3.05. The van der Waals surface area contributed by atoms with E-state index in [2.05, 4.69) is 16.0 Å². The lowest BCUT2D eigenvalue weighted by Gasteiger charge is -2.48. The Morgan fingerprint density at radius 1 is 0.920 bits per heavy atom. The molecule has 278 valence electrons. The van der Waals surface area contributed by atoms with Gasteiger partial charge in [-0.05, 0) is 66.9 Å². The summed E-state index contributed by atoms with van der Waals surface area (Å²) in [4.78, 5) is 68.8. The number of carbonyl (C=O) groups is 5. The topological polar surface area (TPSA) is 185 Å². The fourth-order valence-corrected chi connectivity index (χ4v) is 9.14. The molecule has 1 aromatic carbocycles. The van der Waals surface area contributed by atoms with Gasteiger partial charge in [0.1, 0.15) is 12.1 Å². The molecule has 0 bridgehead atoms. The maximum absolute atomic E-state index is 14.7. The van der Waals surface area contributed by atoms with Crippen LogP contribution >= 0.6 is 0 Å². The van der Waals surface area contributed by atoms with E-state index >= 15 is 0 Å². The first-order chi connectivity index (χ1) is 23.5. The molecule has 5 atom stereocenters. The van der Waals surface area contributed by atoms with Gasteiger partial charge >= 0.3 is 6.03 Å². The lowest BCUT2D eigenvalue weighted by atomic mass is 9.71. The van der Waals surface area contributed by atoms with E-state index in [0.29, 0.717) is 12.8 Å². The Labute approximate surface area is 297 Å². The number of nitrogens with two attached hydrogens (primary N) is 1. The molecule has 12 nitrogen and oxygen atoms in total. The van der Waals surface area contributed by atoms with Crippen molar-refractivity contribution in [2.75, 3.05) is 12.3 Å². The highest BCUT2D eigenvalue weighted by molar-refractivity contribution is 7.91. The van der Waals surface area contributed by atoms with Crippen molar-refractivity contribution in [1.29, 1.82) is 0 Å². The Hall–Kier alpha value is -3.48. The first kappa shape index (κ1) is 39.3. The molecule has 3 fully saturated rings. The van der Waals surface area contributed by atoms with Crippen molar-refractivity contribution in [3.8, 4) is 0 Å². The predicted molar refractivity (Wildman–Crippen MR) is 190 cm³/mol. The summed E-state index contributed by atoms with van der Waals surface area (Å²) in [7, 11) is -3.71. The molecule has 2 unspecified atom stereocenters. The number of hydrogen-bond donors (Lipinski definition) is 4. The van der Waals surface area contributed by atoms with Gasteiger partial charge in [0, 0.05) is 12.6 Å². The van der Waals surface area contributed by atoms with Crippen LogP contribution in [0, 0.1) is 29.1 Å². The van der Waals surface area contributed by atoms with E-state index in [0.717, 1.165) is 51.4 Å². The van der Waals surface area contributed by atoms with Gasteiger partial charge in [-0.2, -0.15) is 0 Å². The molecule has 4 rings (SSSR count). The largest absolute Gasteiger partial charge is 0.363 e. The number of nitrogens with one attached hydrogen (secondary N) is 3. The number of Topliss-reactive ketones (excluding diaryl/α,β-unsaturated/α-hetero) is 1. The molecule has 0 spiro atoms. The van der Waals surface area contributed by atoms with Gasteiger partial charge in [0.15, 0.2) is 9.84 Å². The lowest BCUT2D eigenvalue weighted by Crippen LogP contribution is -2.64. The summed E-state index contributed by atoms with van der Waals surface area (Å²) < 4.78 is 26.4.